The topological polar surface area (TPSA) is 58.6 Å². The van der Waals surface area contributed by atoms with Crippen LogP contribution in [0.15, 0.2) is 40.8 Å². The van der Waals surface area contributed by atoms with Crippen LogP contribution in [0, 0.1) is 0 Å². The molecule has 0 bridgehead atoms. The normalized spacial score (nSPS) is 21.8. The second-order valence-corrected chi connectivity index (χ2v) is 6.80. The number of nitrogens with one attached hydrogen (secondary N) is 1. The van der Waals surface area contributed by atoms with E-state index in [1.165, 1.54) is 6.92 Å². The lowest BCUT2D eigenvalue weighted by Crippen LogP contribution is -2.43. The maximum Gasteiger partial charge on any atom is 0.285 e. The standard InChI is InChI=1S/C16H14N2O3S2/c1-9-12(7-11-5-3-4-6-13(11)21-9)8-14-15(20)18(16(22)23-14)17-10(2)19/h3-9H,1-2H3,(H,17,19)/b14-8+/t9-/m1/s1. The van der Waals surface area contributed by atoms with Crippen LogP contribution >= 0.6 is 24.0 Å². The third-order valence-electron chi connectivity index (χ3n) is 3.38. The predicted molar refractivity (Wildman–Crippen MR) is 93.4 cm³/mol. The van der Waals surface area contributed by atoms with Gasteiger partial charge in [0.05, 0.1) is 4.91 Å². The Morgan fingerprint density at radius 3 is 2.91 bits per heavy atom. The molecular formula is C16H14N2O3S2. The van der Waals surface area contributed by atoms with Gasteiger partial charge in [-0.3, -0.25) is 15.0 Å². The average molecular weight is 346 g/mol. The van der Waals surface area contributed by atoms with Crippen LogP contribution in [0.25, 0.3) is 6.08 Å². The minimum Gasteiger partial charge on any atom is -0.485 e. The summed E-state index contributed by atoms with van der Waals surface area (Å²) >= 11 is 6.29. The van der Waals surface area contributed by atoms with Crippen molar-refractivity contribution in [3.05, 3.63) is 46.4 Å². The zero-order valence-electron chi connectivity index (χ0n) is 12.5. The van der Waals surface area contributed by atoms with E-state index in [1.54, 1.807) is 6.08 Å². The number of hydrogen-bond donors (Lipinski definition) is 1. The second-order valence-electron chi connectivity index (χ2n) is 5.13. The smallest absolute Gasteiger partial charge is 0.285 e. The largest absolute Gasteiger partial charge is 0.485 e. The van der Waals surface area contributed by atoms with Gasteiger partial charge in [-0.15, -0.1) is 0 Å². The lowest BCUT2D eigenvalue weighted by molar-refractivity contribution is -0.132. The third-order valence-corrected chi connectivity index (χ3v) is 4.68. The highest BCUT2D eigenvalue weighted by molar-refractivity contribution is 8.26. The predicted octanol–water partition coefficient (Wildman–Crippen LogP) is 2.65. The van der Waals surface area contributed by atoms with Crippen LogP contribution in [0.3, 0.4) is 0 Å². The Hall–Kier alpha value is -2.12. The van der Waals surface area contributed by atoms with Gasteiger partial charge in [-0.25, -0.2) is 0 Å². The van der Waals surface area contributed by atoms with E-state index in [9.17, 15) is 9.59 Å². The fourth-order valence-corrected chi connectivity index (χ4v) is 3.47. The van der Waals surface area contributed by atoms with E-state index in [4.69, 9.17) is 17.0 Å². The van der Waals surface area contributed by atoms with Crippen molar-refractivity contribution in [2.24, 2.45) is 0 Å². The first-order chi connectivity index (χ1) is 11.0. The fourth-order valence-electron chi connectivity index (χ4n) is 2.29. The summed E-state index contributed by atoms with van der Waals surface area (Å²) in [5, 5.41) is 1.09. The van der Waals surface area contributed by atoms with Crippen LogP contribution in [0.4, 0.5) is 0 Å². The highest BCUT2D eigenvalue weighted by Crippen LogP contribution is 2.34. The molecular weight excluding hydrogens is 332 g/mol. The molecule has 1 aromatic rings. The van der Waals surface area contributed by atoms with Crippen molar-refractivity contribution in [2.75, 3.05) is 0 Å². The summed E-state index contributed by atoms with van der Waals surface area (Å²) < 4.78 is 6.17. The van der Waals surface area contributed by atoms with Gasteiger partial charge in [-0.2, -0.15) is 5.01 Å². The van der Waals surface area contributed by atoms with E-state index in [-0.39, 0.29) is 17.9 Å². The summed E-state index contributed by atoms with van der Waals surface area (Å²) in [6.45, 7) is 3.26. The molecule has 0 radical (unpaired) electrons. The highest BCUT2D eigenvalue weighted by atomic mass is 32.2. The first-order valence-corrected chi connectivity index (χ1v) is 8.20. The minimum absolute atomic E-state index is 0.172. The molecule has 5 nitrogen and oxygen atoms in total. The quantitative estimate of drug-likeness (QED) is 0.659. The molecule has 1 N–H and O–H groups in total. The Balaban J connectivity index is 1.90. The SMILES string of the molecule is CC(=O)NN1C(=O)/C(=C\C2=Cc3ccccc3O[C@@H]2C)SC1=S. The van der Waals surface area contributed by atoms with E-state index in [0.29, 0.717) is 9.23 Å². The number of benzene rings is 1. The Morgan fingerprint density at radius 2 is 2.17 bits per heavy atom. The molecule has 0 saturated carbocycles. The monoisotopic (exact) mass is 346 g/mol. The molecule has 1 atom stereocenters. The number of para-hydroxylation sites is 1. The third kappa shape index (κ3) is 3.16. The number of thiocarbonyl (C=S) groups is 1. The Labute approximate surface area is 143 Å². The Morgan fingerprint density at radius 1 is 1.43 bits per heavy atom. The lowest BCUT2D eigenvalue weighted by atomic mass is 10.0. The molecule has 0 aliphatic carbocycles. The maximum absolute atomic E-state index is 12.3. The van der Waals surface area contributed by atoms with E-state index < -0.39 is 0 Å². The van der Waals surface area contributed by atoms with Crippen LogP contribution in [0.2, 0.25) is 0 Å². The van der Waals surface area contributed by atoms with Gasteiger partial charge in [0.1, 0.15) is 11.9 Å². The summed E-state index contributed by atoms with van der Waals surface area (Å²) in [5.74, 6) is 0.148. The number of nitrogens with zero attached hydrogens (tertiary/aromatic N) is 1. The van der Waals surface area contributed by atoms with E-state index >= 15 is 0 Å². The van der Waals surface area contributed by atoms with Gasteiger partial charge in [-0.05, 0) is 42.9 Å². The molecule has 2 heterocycles. The molecule has 23 heavy (non-hydrogen) atoms. The highest BCUT2D eigenvalue weighted by Gasteiger charge is 2.33. The summed E-state index contributed by atoms with van der Waals surface area (Å²) in [7, 11) is 0. The van der Waals surface area contributed by atoms with E-state index in [2.05, 4.69) is 5.43 Å². The number of thioether (sulfide) groups is 1. The number of carbonyl (C=O) groups excluding carboxylic acids is 2. The van der Waals surface area contributed by atoms with Crippen LogP contribution in [0.1, 0.15) is 19.4 Å². The van der Waals surface area contributed by atoms with Gasteiger partial charge in [0.2, 0.25) is 5.91 Å². The zero-order valence-corrected chi connectivity index (χ0v) is 14.2. The first-order valence-electron chi connectivity index (χ1n) is 6.98. The van der Waals surface area contributed by atoms with Gasteiger partial charge >= 0.3 is 0 Å². The summed E-state index contributed by atoms with van der Waals surface area (Å²) in [6.07, 6.45) is 3.59. The Kier molecular flexibility index (Phi) is 4.23. The molecule has 2 aliphatic heterocycles. The number of hydrazine groups is 1. The molecule has 1 saturated heterocycles. The average Bonchev–Trinajstić information content (AvgIpc) is 2.75. The van der Waals surface area contributed by atoms with Crippen molar-refractivity contribution in [3.63, 3.8) is 0 Å². The molecule has 2 aliphatic rings. The number of carbonyl (C=O) groups is 2. The Bertz CT molecular complexity index is 770. The van der Waals surface area contributed by atoms with Crippen molar-refractivity contribution in [3.8, 4) is 5.75 Å². The number of ether oxygens (including phenoxy) is 1. The van der Waals surface area contributed by atoms with Crippen LogP contribution in [-0.4, -0.2) is 27.2 Å². The van der Waals surface area contributed by atoms with Gasteiger partial charge < -0.3 is 4.74 Å². The van der Waals surface area contributed by atoms with Crippen molar-refractivity contribution in [2.45, 2.75) is 20.0 Å². The van der Waals surface area contributed by atoms with Crippen molar-refractivity contribution in [1.29, 1.82) is 0 Å². The molecule has 0 spiro atoms. The summed E-state index contributed by atoms with van der Waals surface area (Å²) in [4.78, 5) is 24.0. The van der Waals surface area contributed by atoms with Crippen LogP contribution < -0.4 is 10.2 Å². The van der Waals surface area contributed by atoms with Gasteiger partial charge in [0.15, 0.2) is 4.32 Å². The first kappa shape index (κ1) is 15.8. The number of fused-ring (bicyclic) bond motifs is 1. The van der Waals surface area contributed by atoms with Crippen molar-refractivity contribution < 1.29 is 14.3 Å². The van der Waals surface area contributed by atoms with Crippen molar-refractivity contribution in [1.82, 2.24) is 10.4 Å². The van der Waals surface area contributed by atoms with Crippen LogP contribution in [0.5, 0.6) is 5.75 Å². The number of hydrogen-bond acceptors (Lipinski definition) is 5. The zero-order chi connectivity index (χ0) is 16.6. The van der Waals surface area contributed by atoms with Gasteiger partial charge in [0.25, 0.3) is 5.91 Å². The molecule has 7 heteroatoms. The fraction of sp³-hybridized carbons (Fsp3) is 0.188. The lowest BCUT2D eigenvalue weighted by Gasteiger charge is -2.23. The molecule has 3 rings (SSSR count). The van der Waals surface area contributed by atoms with Gasteiger partial charge in [0, 0.05) is 12.5 Å². The molecule has 0 unspecified atom stereocenters. The van der Waals surface area contributed by atoms with Gasteiger partial charge in [-0.1, -0.05) is 30.0 Å². The molecule has 1 fully saturated rings. The second kappa shape index (κ2) is 6.17. The molecule has 118 valence electrons. The molecule has 2 amide bonds. The molecule has 0 aromatic heterocycles. The maximum atomic E-state index is 12.3. The molecule has 1 aromatic carbocycles. The number of amides is 2. The van der Waals surface area contributed by atoms with E-state index in [0.717, 1.165) is 33.7 Å². The number of rotatable bonds is 2. The minimum atomic E-state index is -0.343. The van der Waals surface area contributed by atoms with Crippen LogP contribution in [-0.2, 0) is 9.59 Å². The van der Waals surface area contributed by atoms with E-state index in [1.807, 2.05) is 37.3 Å². The van der Waals surface area contributed by atoms with Crippen molar-refractivity contribution >= 4 is 46.2 Å². The summed E-state index contributed by atoms with van der Waals surface area (Å²) in [5.41, 5.74) is 4.27. The summed E-state index contributed by atoms with van der Waals surface area (Å²) in [6, 6.07) is 7.72.